The van der Waals surface area contributed by atoms with E-state index in [-0.39, 0.29) is 30.1 Å². The molecule has 8 heteroatoms. The van der Waals surface area contributed by atoms with E-state index in [1.54, 1.807) is 0 Å². The van der Waals surface area contributed by atoms with Gasteiger partial charge < -0.3 is 15.0 Å². The van der Waals surface area contributed by atoms with Crippen LogP contribution in [-0.2, 0) is 17.8 Å². The van der Waals surface area contributed by atoms with Crippen LogP contribution < -0.4 is 5.32 Å². The number of guanidine groups is 1. The Morgan fingerprint density at radius 2 is 1.88 bits per heavy atom. The lowest BCUT2D eigenvalue weighted by molar-refractivity contribution is -0.0502. The molecule has 0 bridgehead atoms. The van der Waals surface area contributed by atoms with Gasteiger partial charge in [0.15, 0.2) is 5.96 Å². The summed E-state index contributed by atoms with van der Waals surface area (Å²) >= 11 is 0. The summed E-state index contributed by atoms with van der Waals surface area (Å²) in [6, 6.07) is 21.5. The first-order valence-electron chi connectivity index (χ1n) is 11.7. The first-order valence-corrected chi connectivity index (χ1v) is 11.7. The number of halogens is 1. The van der Waals surface area contributed by atoms with Crippen LogP contribution in [0.25, 0.3) is 5.69 Å². The molecule has 2 fully saturated rings. The third-order valence-corrected chi connectivity index (χ3v) is 6.55. The minimum atomic E-state index is 0. The van der Waals surface area contributed by atoms with Gasteiger partial charge in [-0.3, -0.25) is 9.89 Å². The van der Waals surface area contributed by atoms with Crippen molar-refractivity contribution in [2.24, 2.45) is 4.99 Å². The minimum absolute atomic E-state index is 0. The number of ether oxygens (including phenoxy) is 1. The second-order valence-corrected chi connectivity index (χ2v) is 8.77. The van der Waals surface area contributed by atoms with Gasteiger partial charge in [-0.05, 0) is 30.2 Å². The van der Waals surface area contributed by atoms with Crippen LogP contribution in [0.2, 0.25) is 0 Å². The molecule has 0 aliphatic carbocycles. The third-order valence-electron chi connectivity index (χ3n) is 6.55. The Balaban J connectivity index is 0.00000274. The molecule has 2 aliphatic heterocycles. The van der Waals surface area contributed by atoms with E-state index in [0.717, 1.165) is 50.1 Å². The van der Waals surface area contributed by atoms with Gasteiger partial charge in [0.1, 0.15) is 0 Å². The van der Waals surface area contributed by atoms with Crippen molar-refractivity contribution in [2.45, 2.75) is 32.2 Å². The van der Waals surface area contributed by atoms with Crippen LogP contribution in [0.4, 0.5) is 0 Å². The van der Waals surface area contributed by atoms with E-state index in [9.17, 15) is 0 Å². The second kappa shape index (κ2) is 11.3. The number of nitrogens with one attached hydrogen (secondary N) is 1. The van der Waals surface area contributed by atoms with Crippen molar-refractivity contribution in [3.05, 3.63) is 83.7 Å². The summed E-state index contributed by atoms with van der Waals surface area (Å²) in [5.74, 6) is 0.916. The molecule has 0 saturated carbocycles. The van der Waals surface area contributed by atoms with Gasteiger partial charge in [-0.25, -0.2) is 4.68 Å². The molecule has 5 rings (SSSR count). The van der Waals surface area contributed by atoms with Gasteiger partial charge in [-0.1, -0.05) is 48.5 Å². The highest BCUT2D eigenvalue weighted by Crippen LogP contribution is 2.25. The second-order valence-electron chi connectivity index (χ2n) is 8.77. The number of likely N-dealkylation sites (tertiary alicyclic amines) is 1. The highest BCUT2D eigenvalue weighted by molar-refractivity contribution is 14.0. The first-order chi connectivity index (χ1) is 16.2. The Kier molecular flexibility index (Phi) is 8.23. The number of aryl methyl sites for hydroxylation is 1. The maximum absolute atomic E-state index is 6.16. The quantitative estimate of drug-likeness (QED) is 0.289. The number of morpholine rings is 1. The molecule has 2 aromatic carbocycles. The smallest absolute Gasteiger partial charge is 0.194 e. The third kappa shape index (κ3) is 5.45. The van der Waals surface area contributed by atoms with Crippen molar-refractivity contribution >= 4 is 29.9 Å². The number of nitrogens with zero attached hydrogens (tertiary/aromatic N) is 5. The Labute approximate surface area is 218 Å². The normalized spacial score (nSPS) is 20.6. The summed E-state index contributed by atoms with van der Waals surface area (Å²) in [5, 5.41) is 8.16. The summed E-state index contributed by atoms with van der Waals surface area (Å²) < 4.78 is 8.10. The predicted molar refractivity (Wildman–Crippen MR) is 146 cm³/mol. The standard InChI is InChI=1S/C26H32N6O.HI/c1-20-12-13-32(29-20)23-11-7-6-10-22(23)16-28-26(27-2)31-18-24-25(19-31)33-15-14-30(24)17-21-8-4-3-5-9-21;/h3-13,24-25H,14-19H2,1-2H3,(H,27,28);1H. The van der Waals surface area contributed by atoms with Crippen LogP contribution in [0.3, 0.4) is 0 Å². The summed E-state index contributed by atoms with van der Waals surface area (Å²) in [7, 11) is 1.86. The molecule has 2 saturated heterocycles. The van der Waals surface area contributed by atoms with E-state index in [1.807, 2.05) is 30.9 Å². The lowest BCUT2D eigenvalue weighted by Gasteiger charge is -2.36. The van der Waals surface area contributed by atoms with E-state index in [1.165, 1.54) is 11.1 Å². The molecule has 180 valence electrons. The molecule has 3 aromatic rings. The molecule has 3 heterocycles. The van der Waals surface area contributed by atoms with E-state index in [4.69, 9.17) is 4.74 Å². The number of hydrogen-bond acceptors (Lipinski definition) is 4. The van der Waals surface area contributed by atoms with Crippen molar-refractivity contribution in [2.75, 3.05) is 33.3 Å². The Bertz CT molecular complexity index is 1100. The molecule has 1 N–H and O–H groups in total. The van der Waals surface area contributed by atoms with Crippen molar-refractivity contribution in [3.63, 3.8) is 0 Å². The van der Waals surface area contributed by atoms with Gasteiger partial charge in [0.25, 0.3) is 0 Å². The van der Waals surface area contributed by atoms with Gasteiger partial charge in [0.2, 0.25) is 0 Å². The average molecular weight is 572 g/mol. The molecule has 0 spiro atoms. The zero-order valence-corrected chi connectivity index (χ0v) is 22.1. The molecule has 7 nitrogen and oxygen atoms in total. The molecule has 1 aromatic heterocycles. The highest BCUT2D eigenvalue weighted by atomic mass is 127. The number of aliphatic imine (C=N–C) groups is 1. The molecule has 2 unspecified atom stereocenters. The molecular formula is C26H33IN6O. The average Bonchev–Trinajstić information content (AvgIpc) is 3.47. The Morgan fingerprint density at radius 1 is 1.09 bits per heavy atom. The van der Waals surface area contributed by atoms with E-state index < -0.39 is 0 Å². The van der Waals surface area contributed by atoms with E-state index >= 15 is 0 Å². The number of para-hydroxylation sites is 1. The monoisotopic (exact) mass is 572 g/mol. The molecule has 0 radical (unpaired) electrons. The van der Waals surface area contributed by atoms with Crippen molar-refractivity contribution in [1.29, 1.82) is 0 Å². The predicted octanol–water partition coefficient (Wildman–Crippen LogP) is 3.46. The molecular weight excluding hydrogens is 539 g/mol. The van der Waals surface area contributed by atoms with Crippen LogP contribution >= 0.6 is 24.0 Å². The minimum Gasteiger partial charge on any atom is -0.373 e. The number of fused-ring (bicyclic) bond motifs is 1. The number of benzene rings is 2. The van der Waals surface area contributed by atoms with Crippen molar-refractivity contribution < 1.29 is 4.74 Å². The topological polar surface area (TPSA) is 57.9 Å². The highest BCUT2D eigenvalue weighted by Gasteiger charge is 2.41. The maximum atomic E-state index is 6.16. The van der Waals surface area contributed by atoms with Crippen molar-refractivity contribution in [3.8, 4) is 5.69 Å². The Hall–Kier alpha value is -2.43. The van der Waals surface area contributed by atoms with Gasteiger partial charge in [-0.2, -0.15) is 5.10 Å². The van der Waals surface area contributed by atoms with Crippen LogP contribution in [0, 0.1) is 6.92 Å². The first kappa shape index (κ1) is 24.7. The van der Waals surface area contributed by atoms with Gasteiger partial charge >= 0.3 is 0 Å². The zero-order chi connectivity index (χ0) is 22.6. The van der Waals surface area contributed by atoms with Crippen LogP contribution in [-0.4, -0.2) is 71.0 Å². The van der Waals surface area contributed by atoms with Crippen LogP contribution in [0.5, 0.6) is 0 Å². The molecule has 2 atom stereocenters. The SMILES string of the molecule is CN=C(NCc1ccccc1-n1ccc(C)n1)N1CC2OCCN(Cc3ccccc3)C2C1.I. The maximum Gasteiger partial charge on any atom is 0.194 e. The lowest BCUT2D eigenvalue weighted by atomic mass is 10.1. The number of aromatic nitrogens is 2. The van der Waals surface area contributed by atoms with Gasteiger partial charge in [-0.15, -0.1) is 24.0 Å². The molecule has 34 heavy (non-hydrogen) atoms. The summed E-state index contributed by atoms with van der Waals surface area (Å²) in [6.45, 7) is 7.17. The summed E-state index contributed by atoms with van der Waals surface area (Å²) in [5.41, 5.74) is 4.62. The Morgan fingerprint density at radius 3 is 2.65 bits per heavy atom. The summed E-state index contributed by atoms with van der Waals surface area (Å²) in [6.07, 6.45) is 2.22. The fourth-order valence-electron chi connectivity index (χ4n) is 4.89. The largest absolute Gasteiger partial charge is 0.373 e. The lowest BCUT2D eigenvalue weighted by Crippen LogP contribution is -2.50. The molecule has 0 amide bonds. The zero-order valence-electron chi connectivity index (χ0n) is 19.8. The number of rotatable bonds is 5. The van der Waals surface area contributed by atoms with Crippen molar-refractivity contribution in [1.82, 2.24) is 24.9 Å². The van der Waals surface area contributed by atoms with E-state index in [2.05, 4.69) is 79.8 Å². The number of hydrogen-bond donors (Lipinski definition) is 1. The van der Waals surface area contributed by atoms with Crippen LogP contribution in [0.1, 0.15) is 16.8 Å². The fraction of sp³-hybridized carbons (Fsp3) is 0.385. The van der Waals surface area contributed by atoms with E-state index in [0.29, 0.717) is 12.6 Å². The summed E-state index contributed by atoms with van der Waals surface area (Å²) in [4.78, 5) is 9.49. The molecule has 2 aliphatic rings. The van der Waals surface area contributed by atoms with Gasteiger partial charge in [0.05, 0.1) is 30.1 Å². The van der Waals surface area contributed by atoms with Gasteiger partial charge in [0, 0.05) is 46.0 Å². The fourth-order valence-corrected chi connectivity index (χ4v) is 4.89. The van der Waals surface area contributed by atoms with Crippen LogP contribution in [0.15, 0.2) is 71.9 Å².